The normalized spacial score (nSPS) is 13.0. The van der Waals surface area contributed by atoms with Gasteiger partial charge in [-0.25, -0.2) is 0 Å². The molecule has 0 radical (unpaired) electrons. The van der Waals surface area contributed by atoms with Gasteiger partial charge in [0.25, 0.3) is 0 Å². The molecule has 0 spiro atoms. The molecule has 0 aliphatic rings. The number of ether oxygens (including phenoxy) is 1. The molecule has 0 N–H and O–H groups in total. The smallest absolute Gasteiger partial charge is 0.0985 e. The first-order chi connectivity index (χ1) is 14.6. The highest BCUT2D eigenvalue weighted by molar-refractivity contribution is 4.87. The summed E-state index contributed by atoms with van der Waals surface area (Å²) in [6.07, 6.45) is 29.3. The van der Waals surface area contributed by atoms with Gasteiger partial charge in [-0.2, -0.15) is 0 Å². The van der Waals surface area contributed by atoms with E-state index in [2.05, 4.69) is 63.7 Å². The Balaban J connectivity index is 4.21. The topological polar surface area (TPSA) is 12.5 Å². The molecular formula is C28H53NO. The number of allylic oxidation sites excluding steroid dienone is 5. The monoisotopic (exact) mass is 419 g/mol. The maximum atomic E-state index is 6.30. The van der Waals surface area contributed by atoms with Crippen LogP contribution in [-0.2, 0) is 4.74 Å². The highest BCUT2D eigenvalue weighted by atomic mass is 16.5. The average molecular weight is 420 g/mol. The van der Waals surface area contributed by atoms with Crippen molar-refractivity contribution in [3.8, 4) is 0 Å². The largest absolute Gasteiger partial charge is 0.495 e. The maximum Gasteiger partial charge on any atom is 0.0985 e. The summed E-state index contributed by atoms with van der Waals surface area (Å²) in [5.74, 6) is 0.987. The predicted molar refractivity (Wildman–Crippen MR) is 136 cm³/mol. The Morgan fingerprint density at radius 2 is 1.30 bits per heavy atom. The van der Waals surface area contributed by atoms with Crippen LogP contribution in [0.1, 0.15) is 117 Å². The maximum absolute atomic E-state index is 6.30. The van der Waals surface area contributed by atoms with E-state index >= 15 is 0 Å². The van der Waals surface area contributed by atoms with E-state index in [1.165, 1.54) is 77.0 Å². The second-order valence-corrected chi connectivity index (χ2v) is 8.98. The molecule has 0 saturated heterocycles. The van der Waals surface area contributed by atoms with Crippen LogP contribution in [0.3, 0.4) is 0 Å². The molecule has 0 aromatic heterocycles. The Morgan fingerprint density at radius 3 is 1.87 bits per heavy atom. The highest BCUT2D eigenvalue weighted by Gasteiger charge is 2.10. The van der Waals surface area contributed by atoms with Gasteiger partial charge in [0, 0.05) is 6.42 Å². The van der Waals surface area contributed by atoms with Crippen LogP contribution in [0.4, 0.5) is 0 Å². The van der Waals surface area contributed by atoms with Crippen molar-refractivity contribution in [3.63, 3.8) is 0 Å². The lowest BCUT2D eigenvalue weighted by Gasteiger charge is -2.20. The van der Waals surface area contributed by atoms with Gasteiger partial charge in [-0.3, -0.25) is 0 Å². The van der Waals surface area contributed by atoms with Crippen molar-refractivity contribution < 1.29 is 4.74 Å². The Morgan fingerprint density at radius 1 is 0.733 bits per heavy atom. The SMILES string of the molecule is C=C(CCCCN(C)C)OC(CC/C=C\CCCCC)CCC/C=C/CCCCC. The average Bonchev–Trinajstić information content (AvgIpc) is 2.72. The van der Waals surface area contributed by atoms with Gasteiger partial charge in [-0.05, 0) is 91.3 Å². The van der Waals surface area contributed by atoms with Gasteiger partial charge in [-0.15, -0.1) is 0 Å². The van der Waals surface area contributed by atoms with Crippen molar-refractivity contribution >= 4 is 0 Å². The van der Waals surface area contributed by atoms with Crippen molar-refractivity contribution in [1.29, 1.82) is 0 Å². The van der Waals surface area contributed by atoms with Gasteiger partial charge in [0.05, 0.1) is 11.9 Å². The van der Waals surface area contributed by atoms with Crippen molar-refractivity contribution in [2.45, 2.75) is 123 Å². The predicted octanol–water partition coefficient (Wildman–Crippen LogP) is 8.84. The minimum absolute atomic E-state index is 0.320. The molecule has 0 aromatic rings. The quantitative estimate of drug-likeness (QED) is 0.0986. The van der Waals surface area contributed by atoms with Crippen molar-refractivity contribution in [1.82, 2.24) is 4.90 Å². The second kappa shape index (κ2) is 22.7. The highest BCUT2D eigenvalue weighted by Crippen LogP contribution is 2.18. The van der Waals surface area contributed by atoms with Gasteiger partial charge >= 0.3 is 0 Å². The van der Waals surface area contributed by atoms with Crippen LogP contribution >= 0.6 is 0 Å². The molecule has 0 amide bonds. The fourth-order valence-electron chi connectivity index (χ4n) is 3.55. The Kier molecular flexibility index (Phi) is 21.9. The first-order valence-electron chi connectivity index (χ1n) is 12.9. The van der Waals surface area contributed by atoms with E-state index in [9.17, 15) is 0 Å². The molecule has 2 heteroatoms. The lowest BCUT2D eigenvalue weighted by molar-refractivity contribution is 0.0935. The summed E-state index contributed by atoms with van der Waals surface area (Å²) in [4.78, 5) is 2.25. The standard InChI is InChI=1S/C28H53NO/c1-6-8-10-12-14-16-18-20-25-28(24-19-17-15-13-11-9-7-2)30-27(3)23-21-22-26-29(4)5/h14-17,28H,3,6-13,18-26H2,1-2,4-5H3/b16-14+,17-15-. The summed E-state index contributed by atoms with van der Waals surface area (Å²) in [6.45, 7) is 9.88. The molecule has 0 bridgehead atoms. The van der Waals surface area contributed by atoms with E-state index in [1.54, 1.807) is 0 Å². The third-order valence-electron chi connectivity index (χ3n) is 5.48. The molecule has 0 aliphatic carbocycles. The van der Waals surface area contributed by atoms with Crippen LogP contribution in [-0.4, -0.2) is 31.6 Å². The first-order valence-corrected chi connectivity index (χ1v) is 12.9. The molecule has 0 aromatic carbocycles. The zero-order valence-electron chi connectivity index (χ0n) is 21.0. The third-order valence-corrected chi connectivity index (χ3v) is 5.48. The third kappa shape index (κ3) is 21.7. The van der Waals surface area contributed by atoms with Crippen LogP contribution < -0.4 is 0 Å². The molecule has 30 heavy (non-hydrogen) atoms. The first kappa shape index (κ1) is 29.0. The molecule has 0 aliphatic heterocycles. The van der Waals surface area contributed by atoms with Gasteiger partial charge in [-0.1, -0.05) is 70.4 Å². The zero-order valence-corrected chi connectivity index (χ0v) is 21.0. The van der Waals surface area contributed by atoms with E-state index in [0.29, 0.717) is 6.10 Å². The minimum Gasteiger partial charge on any atom is -0.495 e. The second-order valence-electron chi connectivity index (χ2n) is 8.98. The number of unbranched alkanes of at least 4 members (excludes halogenated alkanes) is 8. The fourth-order valence-corrected chi connectivity index (χ4v) is 3.55. The summed E-state index contributed by atoms with van der Waals surface area (Å²) < 4.78 is 6.30. The Labute approximate surface area is 189 Å². The van der Waals surface area contributed by atoms with Gasteiger partial charge in [0.1, 0.15) is 0 Å². The lowest BCUT2D eigenvalue weighted by Crippen LogP contribution is -2.14. The van der Waals surface area contributed by atoms with Gasteiger partial charge < -0.3 is 9.64 Å². The number of hydrogen-bond donors (Lipinski definition) is 0. The van der Waals surface area contributed by atoms with E-state index in [1.807, 2.05) is 0 Å². The van der Waals surface area contributed by atoms with Crippen LogP contribution in [0.2, 0.25) is 0 Å². The molecular weight excluding hydrogens is 366 g/mol. The summed E-state index contributed by atoms with van der Waals surface area (Å²) in [6, 6.07) is 0. The van der Waals surface area contributed by atoms with E-state index < -0.39 is 0 Å². The Hall–Kier alpha value is -1.02. The summed E-state index contributed by atoms with van der Waals surface area (Å²) in [5, 5.41) is 0. The number of hydrogen-bond acceptors (Lipinski definition) is 2. The molecule has 1 unspecified atom stereocenters. The van der Waals surface area contributed by atoms with Crippen molar-refractivity contribution in [3.05, 3.63) is 36.6 Å². The van der Waals surface area contributed by atoms with Crippen LogP contribution in [0.15, 0.2) is 36.6 Å². The number of nitrogens with zero attached hydrogens (tertiary/aromatic N) is 1. The minimum atomic E-state index is 0.320. The summed E-state index contributed by atoms with van der Waals surface area (Å²) in [5.41, 5.74) is 0. The fraction of sp³-hybridized carbons (Fsp3) is 0.786. The molecule has 176 valence electrons. The van der Waals surface area contributed by atoms with Gasteiger partial charge in [0.15, 0.2) is 0 Å². The molecule has 0 saturated carbocycles. The van der Waals surface area contributed by atoms with E-state index in [4.69, 9.17) is 4.74 Å². The van der Waals surface area contributed by atoms with Gasteiger partial charge in [0.2, 0.25) is 0 Å². The number of rotatable bonds is 22. The van der Waals surface area contributed by atoms with Crippen LogP contribution in [0, 0.1) is 0 Å². The molecule has 0 fully saturated rings. The summed E-state index contributed by atoms with van der Waals surface area (Å²) >= 11 is 0. The van der Waals surface area contributed by atoms with E-state index in [-0.39, 0.29) is 0 Å². The summed E-state index contributed by atoms with van der Waals surface area (Å²) in [7, 11) is 4.27. The van der Waals surface area contributed by atoms with Crippen molar-refractivity contribution in [2.24, 2.45) is 0 Å². The Bertz CT molecular complexity index is 424. The van der Waals surface area contributed by atoms with Crippen LogP contribution in [0.5, 0.6) is 0 Å². The van der Waals surface area contributed by atoms with E-state index in [0.717, 1.165) is 38.0 Å². The molecule has 1 atom stereocenters. The zero-order chi connectivity index (χ0) is 22.3. The lowest BCUT2D eigenvalue weighted by atomic mass is 10.1. The van der Waals surface area contributed by atoms with Crippen molar-refractivity contribution in [2.75, 3.05) is 20.6 Å². The molecule has 2 nitrogen and oxygen atoms in total. The molecule has 0 rings (SSSR count). The molecule has 0 heterocycles. The van der Waals surface area contributed by atoms with Crippen LogP contribution in [0.25, 0.3) is 0 Å².